The molecule has 0 radical (unpaired) electrons. The van der Waals surface area contributed by atoms with Crippen LogP contribution in [-0.4, -0.2) is 33.0 Å². The molecule has 0 aliphatic rings. The van der Waals surface area contributed by atoms with Gasteiger partial charge < -0.3 is 11.1 Å². The Labute approximate surface area is 178 Å². The molecule has 2 heterocycles. The number of nitrogen functional groups attached to an aromatic ring is 1. The fourth-order valence-electron chi connectivity index (χ4n) is 2.83. The Bertz CT molecular complexity index is 1030. The van der Waals surface area contributed by atoms with Crippen LogP contribution >= 0.6 is 11.8 Å². The highest BCUT2D eigenvalue weighted by Gasteiger charge is 2.16. The number of halogens is 1. The number of rotatable bonds is 9. The molecule has 0 bridgehead atoms. The number of hydrogen-bond donors (Lipinski definition) is 2. The average molecular weight is 425 g/mol. The normalized spacial score (nSPS) is 10.5. The van der Waals surface area contributed by atoms with Crippen molar-refractivity contribution in [2.45, 2.75) is 18.6 Å². The van der Waals surface area contributed by atoms with Gasteiger partial charge in [-0.25, -0.2) is 9.07 Å². The molecule has 0 spiro atoms. The number of aromatic nitrogens is 3. The molecule has 0 saturated heterocycles. The van der Waals surface area contributed by atoms with Crippen molar-refractivity contribution in [1.82, 2.24) is 20.1 Å². The summed E-state index contributed by atoms with van der Waals surface area (Å²) in [4.78, 5) is 15.9. The maximum Gasteiger partial charge on any atom is 0.230 e. The fourth-order valence-corrected chi connectivity index (χ4v) is 3.65. The number of carbonyl (C=O) groups is 1. The summed E-state index contributed by atoms with van der Waals surface area (Å²) in [5.74, 6) is 0.945. The zero-order chi connectivity index (χ0) is 21.3. The third kappa shape index (κ3) is 5.58. The molecule has 7 nitrogen and oxygen atoms in total. The van der Waals surface area contributed by atoms with E-state index in [2.05, 4.69) is 21.5 Å². The highest BCUT2D eigenvalue weighted by Crippen LogP contribution is 2.21. The van der Waals surface area contributed by atoms with Crippen LogP contribution in [0.15, 0.2) is 48.8 Å². The largest absolute Gasteiger partial charge is 0.382 e. The van der Waals surface area contributed by atoms with Gasteiger partial charge >= 0.3 is 0 Å². The Morgan fingerprint density at radius 2 is 1.97 bits per heavy atom. The number of benzene rings is 1. The highest BCUT2D eigenvalue weighted by atomic mass is 32.2. The van der Waals surface area contributed by atoms with Crippen LogP contribution in [0.2, 0.25) is 0 Å². The number of thioether (sulfide) groups is 1. The molecule has 3 aromatic rings. The van der Waals surface area contributed by atoms with Gasteiger partial charge in [0.25, 0.3) is 0 Å². The fraction of sp³-hybridized carbons (Fsp3) is 0.238. The molecule has 3 rings (SSSR count). The van der Waals surface area contributed by atoms with E-state index in [4.69, 9.17) is 5.73 Å². The Balaban J connectivity index is 1.47. The molecular formula is C21H21FN6OS. The summed E-state index contributed by atoms with van der Waals surface area (Å²) in [5.41, 5.74) is 8.61. The third-order valence-corrected chi connectivity index (χ3v) is 5.34. The van der Waals surface area contributed by atoms with Crippen molar-refractivity contribution >= 4 is 23.5 Å². The zero-order valence-electron chi connectivity index (χ0n) is 16.2. The summed E-state index contributed by atoms with van der Waals surface area (Å²) in [6.07, 6.45) is 4.58. The van der Waals surface area contributed by atoms with Gasteiger partial charge in [0.2, 0.25) is 5.91 Å². The third-order valence-electron chi connectivity index (χ3n) is 4.34. The van der Waals surface area contributed by atoms with Crippen LogP contribution in [0.5, 0.6) is 0 Å². The average Bonchev–Trinajstić information content (AvgIpc) is 3.08. The van der Waals surface area contributed by atoms with Crippen LogP contribution in [0, 0.1) is 17.1 Å². The lowest BCUT2D eigenvalue weighted by Crippen LogP contribution is -2.26. The van der Waals surface area contributed by atoms with Crippen molar-refractivity contribution in [2.24, 2.45) is 0 Å². The Morgan fingerprint density at radius 3 is 2.67 bits per heavy atom. The number of hydrogen-bond acceptors (Lipinski definition) is 6. The molecule has 9 heteroatoms. The van der Waals surface area contributed by atoms with Gasteiger partial charge in [-0.05, 0) is 54.8 Å². The van der Waals surface area contributed by atoms with Crippen molar-refractivity contribution in [3.8, 4) is 11.8 Å². The molecule has 30 heavy (non-hydrogen) atoms. The smallest absolute Gasteiger partial charge is 0.230 e. The summed E-state index contributed by atoms with van der Waals surface area (Å²) in [7, 11) is 0. The number of pyridine rings is 1. The van der Waals surface area contributed by atoms with E-state index in [-0.39, 0.29) is 17.5 Å². The van der Waals surface area contributed by atoms with Gasteiger partial charge in [0, 0.05) is 24.7 Å². The second-order valence-electron chi connectivity index (χ2n) is 6.51. The van der Waals surface area contributed by atoms with Gasteiger partial charge in [0.1, 0.15) is 23.3 Å². The summed E-state index contributed by atoms with van der Waals surface area (Å²) >= 11 is 1.54. The molecular weight excluding hydrogens is 403 g/mol. The lowest BCUT2D eigenvalue weighted by Gasteiger charge is -2.05. The summed E-state index contributed by atoms with van der Waals surface area (Å²) in [6, 6.07) is 11.6. The molecule has 1 amide bonds. The second-order valence-corrected chi connectivity index (χ2v) is 7.49. The van der Waals surface area contributed by atoms with Crippen molar-refractivity contribution in [3.63, 3.8) is 0 Å². The molecule has 0 aliphatic carbocycles. The van der Waals surface area contributed by atoms with E-state index >= 15 is 0 Å². The standard InChI is InChI=1S/C21H21FN6OS/c22-16-3-5-17(6-4-16)28-21(24)18(12-23)19(27-28)2-1-9-26-20(29)14-30-13-15-7-10-25-11-8-15/h3-8,10-11H,1-2,9,13-14,24H2,(H,26,29). The first-order valence-corrected chi connectivity index (χ1v) is 10.5. The number of nitrogens with zero attached hydrogens (tertiary/aromatic N) is 4. The number of anilines is 1. The van der Waals surface area contributed by atoms with Crippen molar-refractivity contribution in [3.05, 3.63) is 71.4 Å². The van der Waals surface area contributed by atoms with Crippen LogP contribution in [0.3, 0.4) is 0 Å². The van der Waals surface area contributed by atoms with Crippen LogP contribution in [-0.2, 0) is 17.0 Å². The Kier molecular flexibility index (Phi) is 7.40. The molecule has 0 fully saturated rings. The highest BCUT2D eigenvalue weighted by molar-refractivity contribution is 7.99. The Hall–Kier alpha value is -3.38. The second kappa shape index (κ2) is 10.4. The lowest BCUT2D eigenvalue weighted by molar-refractivity contribution is -0.118. The van der Waals surface area contributed by atoms with Crippen molar-refractivity contribution in [1.29, 1.82) is 5.26 Å². The molecule has 0 saturated carbocycles. The van der Waals surface area contributed by atoms with Crippen LogP contribution < -0.4 is 11.1 Å². The van der Waals surface area contributed by atoms with Crippen LogP contribution in [0.4, 0.5) is 10.2 Å². The van der Waals surface area contributed by atoms with Gasteiger partial charge in [-0.2, -0.15) is 10.4 Å². The minimum atomic E-state index is -0.361. The van der Waals surface area contributed by atoms with Crippen molar-refractivity contribution in [2.75, 3.05) is 18.0 Å². The number of aryl methyl sites for hydroxylation is 1. The van der Waals surface area contributed by atoms with Gasteiger partial charge in [-0.15, -0.1) is 11.8 Å². The number of carbonyl (C=O) groups excluding carboxylic acids is 1. The van der Waals surface area contributed by atoms with Gasteiger partial charge in [0.05, 0.1) is 17.1 Å². The van der Waals surface area contributed by atoms with E-state index in [9.17, 15) is 14.4 Å². The van der Waals surface area contributed by atoms with E-state index in [1.54, 1.807) is 24.5 Å². The van der Waals surface area contributed by atoms with E-state index in [0.717, 1.165) is 11.3 Å². The van der Waals surface area contributed by atoms with E-state index in [1.807, 2.05) is 12.1 Å². The summed E-state index contributed by atoms with van der Waals surface area (Å²) in [6.45, 7) is 0.475. The predicted molar refractivity (Wildman–Crippen MR) is 114 cm³/mol. The van der Waals surface area contributed by atoms with E-state index in [1.165, 1.54) is 28.6 Å². The monoisotopic (exact) mass is 424 g/mol. The van der Waals surface area contributed by atoms with Gasteiger partial charge in [-0.1, -0.05) is 0 Å². The minimum Gasteiger partial charge on any atom is -0.382 e. The maximum atomic E-state index is 13.1. The first-order valence-electron chi connectivity index (χ1n) is 9.35. The topological polar surface area (TPSA) is 110 Å². The number of nitrogens with one attached hydrogen (secondary N) is 1. The molecule has 0 aliphatic heterocycles. The molecule has 2 aromatic heterocycles. The molecule has 0 atom stereocenters. The first kappa shape index (κ1) is 21.3. The van der Waals surface area contributed by atoms with Crippen LogP contribution in [0.25, 0.3) is 5.69 Å². The summed E-state index contributed by atoms with van der Waals surface area (Å²) in [5, 5.41) is 16.7. The van der Waals surface area contributed by atoms with E-state index < -0.39 is 0 Å². The quantitative estimate of drug-likeness (QED) is 0.511. The number of amides is 1. The molecule has 3 N–H and O–H groups in total. The number of nitrogens with two attached hydrogens (primary N) is 1. The van der Waals surface area contributed by atoms with Gasteiger partial charge in [-0.3, -0.25) is 9.78 Å². The van der Waals surface area contributed by atoms with Gasteiger partial charge in [0.15, 0.2) is 0 Å². The molecule has 1 aromatic carbocycles. The predicted octanol–water partition coefficient (Wildman–Crippen LogP) is 2.84. The summed E-state index contributed by atoms with van der Waals surface area (Å²) < 4.78 is 14.6. The van der Waals surface area contributed by atoms with E-state index in [0.29, 0.717) is 42.1 Å². The number of nitriles is 1. The molecule has 0 unspecified atom stereocenters. The van der Waals surface area contributed by atoms with Crippen LogP contribution in [0.1, 0.15) is 23.2 Å². The zero-order valence-corrected chi connectivity index (χ0v) is 17.0. The maximum absolute atomic E-state index is 13.1. The SMILES string of the molecule is N#Cc1c(CCCNC(=O)CSCc2ccncc2)nn(-c2ccc(F)cc2)c1N. The lowest BCUT2D eigenvalue weighted by atomic mass is 10.1. The minimum absolute atomic E-state index is 0.0362. The Morgan fingerprint density at radius 1 is 1.23 bits per heavy atom. The first-order chi connectivity index (χ1) is 14.6. The molecule has 154 valence electrons. The van der Waals surface area contributed by atoms with Crippen molar-refractivity contribution < 1.29 is 9.18 Å².